The molecule has 1 aromatic carbocycles. The molecule has 1 heterocycles. The van der Waals surface area contributed by atoms with Crippen LogP contribution in [0, 0.1) is 5.92 Å². The summed E-state index contributed by atoms with van der Waals surface area (Å²) < 4.78 is 0. The van der Waals surface area contributed by atoms with Crippen LogP contribution in [0.4, 0.5) is 0 Å². The van der Waals surface area contributed by atoms with E-state index in [0.717, 1.165) is 16.5 Å². The van der Waals surface area contributed by atoms with Crippen LogP contribution in [0.5, 0.6) is 0 Å². The van der Waals surface area contributed by atoms with Gasteiger partial charge in [-0.1, -0.05) is 38.5 Å². The minimum Gasteiger partial charge on any atom is -0.481 e. The van der Waals surface area contributed by atoms with Crippen molar-refractivity contribution in [2.45, 2.75) is 57.3 Å². The normalized spacial score (nSPS) is 15.1. The van der Waals surface area contributed by atoms with Crippen molar-refractivity contribution in [3.63, 3.8) is 0 Å². The Hall–Kier alpha value is -3.58. The molecule has 0 aliphatic heterocycles. The molecule has 1 aromatic heterocycles. The Labute approximate surface area is 219 Å². The van der Waals surface area contributed by atoms with Crippen LogP contribution >= 0.6 is 12.6 Å². The van der Waals surface area contributed by atoms with Gasteiger partial charge >= 0.3 is 11.9 Å². The van der Waals surface area contributed by atoms with E-state index in [1.807, 2.05) is 24.3 Å². The van der Waals surface area contributed by atoms with Crippen molar-refractivity contribution in [2.75, 3.05) is 5.75 Å². The number of carbonyl (C=O) groups is 5. The van der Waals surface area contributed by atoms with E-state index >= 15 is 0 Å². The van der Waals surface area contributed by atoms with Crippen LogP contribution in [-0.4, -0.2) is 74.8 Å². The number of rotatable bonds is 14. The quantitative estimate of drug-likeness (QED) is 0.155. The van der Waals surface area contributed by atoms with Gasteiger partial charge in [-0.3, -0.25) is 19.2 Å². The highest BCUT2D eigenvalue weighted by atomic mass is 32.1. The van der Waals surface area contributed by atoms with Crippen LogP contribution in [0.3, 0.4) is 0 Å². The number of thiol groups is 1. The number of hydrogen-bond acceptors (Lipinski definition) is 7. The molecule has 0 bridgehead atoms. The lowest BCUT2D eigenvalue weighted by molar-refractivity contribution is -0.144. The predicted molar refractivity (Wildman–Crippen MR) is 139 cm³/mol. The summed E-state index contributed by atoms with van der Waals surface area (Å²) in [5, 5.41) is 26.6. The maximum Gasteiger partial charge on any atom is 0.326 e. The van der Waals surface area contributed by atoms with Crippen molar-refractivity contribution in [3.8, 4) is 0 Å². The van der Waals surface area contributed by atoms with Crippen LogP contribution in [0.1, 0.15) is 32.3 Å². The maximum absolute atomic E-state index is 12.8. The summed E-state index contributed by atoms with van der Waals surface area (Å²) in [6.07, 6.45) is 1.59. The minimum atomic E-state index is -1.57. The molecular formula is C24H33N5O7S. The Balaban J connectivity index is 2.06. The Morgan fingerprint density at radius 3 is 2.22 bits per heavy atom. The molecule has 0 aliphatic rings. The van der Waals surface area contributed by atoms with Crippen molar-refractivity contribution in [1.29, 1.82) is 0 Å². The summed E-state index contributed by atoms with van der Waals surface area (Å²) in [4.78, 5) is 64.2. The van der Waals surface area contributed by atoms with E-state index in [4.69, 9.17) is 5.73 Å². The molecule has 3 amide bonds. The van der Waals surface area contributed by atoms with Gasteiger partial charge in [0, 0.05) is 22.9 Å². The van der Waals surface area contributed by atoms with Crippen LogP contribution in [-0.2, 0) is 30.4 Å². The van der Waals surface area contributed by atoms with Gasteiger partial charge in [0.25, 0.3) is 0 Å². The first-order chi connectivity index (χ1) is 17.5. The molecule has 0 saturated heterocycles. The third kappa shape index (κ3) is 8.22. The number of carboxylic acid groups (broad SMARTS) is 2. The van der Waals surface area contributed by atoms with Gasteiger partial charge in [0.15, 0.2) is 0 Å². The summed E-state index contributed by atoms with van der Waals surface area (Å²) in [5.74, 6) is -5.74. The zero-order valence-electron chi connectivity index (χ0n) is 20.6. The van der Waals surface area contributed by atoms with Crippen LogP contribution < -0.4 is 21.7 Å². The van der Waals surface area contributed by atoms with Gasteiger partial charge in [0.05, 0.1) is 12.5 Å². The number of nitrogens with one attached hydrogen (secondary N) is 4. The molecule has 0 radical (unpaired) electrons. The number of fused-ring (bicyclic) bond motifs is 1. The summed E-state index contributed by atoms with van der Waals surface area (Å²) in [6, 6.07) is 2.44. The number of carboxylic acids is 2. The third-order valence-corrected chi connectivity index (χ3v) is 6.42. The molecule has 0 fully saturated rings. The van der Waals surface area contributed by atoms with Gasteiger partial charge < -0.3 is 36.9 Å². The van der Waals surface area contributed by atoms with E-state index < -0.39 is 66.2 Å². The average Bonchev–Trinajstić information content (AvgIpc) is 3.26. The van der Waals surface area contributed by atoms with Crippen molar-refractivity contribution in [1.82, 2.24) is 20.9 Å². The Bertz CT molecular complexity index is 1140. The standard InChI is InChI=1S/C24H33N5O7S/c1-3-12(2)20(24(35)36)29-22(33)17(9-19(30)31)27-23(34)18(11-37)28-21(32)15(25)8-13-10-26-16-7-5-4-6-14(13)16/h4-7,10,12,15,17-18,20,26,37H,3,8-9,11,25H2,1-2H3,(H,27,34)(H,28,32)(H,29,33)(H,30,31)(H,35,36). The van der Waals surface area contributed by atoms with E-state index in [-0.39, 0.29) is 12.2 Å². The number of carbonyl (C=O) groups excluding carboxylic acids is 3. The number of aliphatic carboxylic acids is 2. The second-order valence-electron chi connectivity index (χ2n) is 8.78. The molecule has 2 rings (SSSR count). The van der Waals surface area contributed by atoms with Crippen LogP contribution in [0.2, 0.25) is 0 Å². The molecule has 5 atom stereocenters. The van der Waals surface area contributed by atoms with Gasteiger partial charge in [0.1, 0.15) is 18.1 Å². The van der Waals surface area contributed by atoms with Gasteiger partial charge in [0.2, 0.25) is 17.7 Å². The summed E-state index contributed by atoms with van der Waals surface area (Å²) >= 11 is 4.09. The van der Waals surface area contributed by atoms with Gasteiger partial charge in [-0.15, -0.1) is 0 Å². The molecule has 37 heavy (non-hydrogen) atoms. The summed E-state index contributed by atoms with van der Waals surface area (Å²) in [5.41, 5.74) is 7.77. The molecule has 0 aliphatic carbocycles. The molecule has 2 aromatic rings. The first-order valence-corrected chi connectivity index (χ1v) is 12.4. The van der Waals surface area contributed by atoms with E-state index in [1.54, 1.807) is 20.0 Å². The number of nitrogens with two attached hydrogens (primary N) is 1. The van der Waals surface area contributed by atoms with Crippen molar-refractivity contribution in [2.24, 2.45) is 11.7 Å². The number of hydrogen-bond donors (Lipinski definition) is 8. The third-order valence-electron chi connectivity index (χ3n) is 6.06. The monoisotopic (exact) mass is 535 g/mol. The predicted octanol–water partition coefficient (Wildman–Crippen LogP) is 0.0273. The molecule has 8 N–H and O–H groups in total. The highest BCUT2D eigenvalue weighted by molar-refractivity contribution is 7.80. The number of aromatic amines is 1. The summed E-state index contributed by atoms with van der Waals surface area (Å²) in [7, 11) is 0. The highest BCUT2D eigenvalue weighted by Gasteiger charge is 2.32. The largest absolute Gasteiger partial charge is 0.481 e. The summed E-state index contributed by atoms with van der Waals surface area (Å²) in [6.45, 7) is 3.36. The SMILES string of the molecule is CCC(C)C(NC(=O)C(CC(=O)O)NC(=O)C(CS)NC(=O)C(N)Cc1c[nH]c2ccccc12)C(=O)O. The fourth-order valence-electron chi connectivity index (χ4n) is 3.70. The Morgan fingerprint density at radius 1 is 1.00 bits per heavy atom. The lowest BCUT2D eigenvalue weighted by Gasteiger charge is -2.25. The van der Waals surface area contributed by atoms with Crippen molar-refractivity contribution < 1.29 is 34.2 Å². The molecule has 5 unspecified atom stereocenters. The number of aromatic nitrogens is 1. The molecule has 12 nitrogen and oxygen atoms in total. The molecule has 202 valence electrons. The van der Waals surface area contributed by atoms with Crippen molar-refractivity contribution in [3.05, 3.63) is 36.0 Å². The second-order valence-corrected chi connectivity index (χ2v) is 9.15. The highest BCUT2D eigenvalue weighted by Crippen LogP contribution is 2.18. The van der Waals surface area contributed by atoms with E-state index in [9.17, 15) is 34.2 Å². The smallest absolute Gasteiger partial charge is 0.326 e. The first kappa shape index (κ1) is 29.6. The second kappa shape index (κ2) is 13.7. The number of H-pyrrole nitrogens is 1. The van der Waals surface area contributed by atoms with Gasteiger partial charge in [-0.05, 0) is 24.0 Å². The average molecular weight is 536 g/mol. The fourth-order valence-corrected chi connectivity index (χ4v) is 3.95. The van der Waals surface area contributed by atoms with E-state index in [2.05, 4.69) is 33.6 Å². The van der Waals surface area contributed by atoms with Gasteiger partial charge in [-0.25, -0.2) is 4.79 Å². The number of benzene rings is 1. The molecule has 0 saturated carbocycles. The van der Waals surface area contributed by atoms with Crippen LogP contribution in [0.15, 0.2) is 30.5 Å². The maximum atomic E-state index is 12.8. The molecular weight excluding hydrogens is 502 g/mol. The zero-order valence-corrected chi connectivity index (χ0v) is 21.5. The Morgan fingerprint density at radius 2 is 1.62 bits per heavy atom. The van der Waals surface area contributed by atoms with E-state index in [1.165, 1.54) is 0 Å². The zero-order chi connectivity index (χ0) is 27.7. The van der Waals surface area contributed by atoms with Gasteiger partial charge in [-0.2, -0.15) is 12.6 Å². The van der Waals surface area contributed by atoms with Crippen LogP contribution in [0.25, 0.3) is 10.9 Å². The lowest BCUT2D eigenvalue weighted by Crippen LogP contribution is -2.58. The molecule has 0 spiro atoms. The first-order valence-electron chi connectivity index (χ1n) is 11.8. The minimum absolute atomic E-state index is 0.163. The lowest BCUT2D eigenvalue weighted by atomic mass is 9.98. The topological polar surface area (TPSA) is 204 Å². The van der Waals surface area contributed by atoms with Crippen molar-refractivity contribution >= 4 is 53.2 Å². The van der Waals surface area contributed by atoms with E-state index in [0.29, 0.717) is 6.42 Å². The fraction of sp³-hybridized carbons (Fsp3) is 0.458. The Kier molecular flexibility index (Phi) is 10.9. The number of amides is 3. The number of para-hydroxylation sites is 1. The molecule has 13 heteroatoms.